The molecule has 6 nitrogen and oxygen atoms in total. The fourth-order valence-electron chi connectivity index (χ4n) is 3.89. The summed E-state index contributed by atoms with van der Waals surface area (Å²) in [5, 5.41) is 10.3. The van der Waals surface area contributed by atoms with Gasteiger partial charge in [-0.05, 0) is 62.1 Å². The van der Waals surface area contributed by atoms with Crippen LogP contribution < -0.4 is 4.74 Å². The number of aromatic nitrogens is 1. The zero-order valence-electron chi connectivity index (χ0n) is 20.7. The molecule has 0 saturated heterocycles. The molecular weight excluding hydrogens is 406 g/mol. The average molecular weight is 446 g/mol. The van der Waals surface area contributed by atoms with Gasteiger partial charge in [-0.25, -0.2) is 9.78 Å². The number of oxazole rings is 1. The molecule has 1 aromatic heterocycles. The number of hydrogen-bond acceptors (Lipinski definition) is 6. The summed E-state index contributed by atoms with van der Waals surface area (Å²) in [6.07, 6.45) is 4.30. The van der Waals surface area contributed by atoms with E-state index < -0.39 is 6.10 Å². The van der Waals surface area contributed by atoms with Crippen LogP contribution in [0.3, 0.4) is 0 Å². The Morgan fingerprint density at radius 2 is 1.88 bits per heavy atom. The van der Waals surface area contributed by atoms with Crippen LogP contribution in [0.5, 0.6) is 5.75 Å². The highest BCUT2D eigenvalue weighted by Gasteiger charge is 2.36. The van der Waals surface area contributed by atoms with Crippen LogP contribution in [0.1, 0.15) is 83.5 Å². The second-order valence-electron chi connectivity index (χ2n) is 9.43. The summed E-state index contributed by atoms with van der Waals surface area (Å²) < 4.78 is 16.5. The topological polar surface area (TPSA) is 81.8 Å². The van der Waals surface area contributed by atoms with Crippen molar-refractivity contribution in [2.24, 2.45) is 5.41 Å². The zero-order valence-corrected chi connectivity index (χ0v) is 20.7. The number of nitrogens with zero attached hydrogens (tertiary/aromatic N) is 1. The number of benzene rings is 1. The molecule has 0 aliphatic rings. The standard InChI is InChI=1S/C26H39NO5/c1-8-26(9-2,24-27-20(16-32-24)12-14-22(28)25(5,6)7)19-11-13-21(18(4)15-19)31-17-23(29)30-10-3/h11,13,15-16,22,28H,8-10,12,14,17H2,1-7H3. The highest BCUT2D eigenvalue weighted by molar-refractivity contribution is 5.71. The number of esters is 1. The molecule has 0 saturated carbocycles. The first-order chi connectivity index (χ1) is 15.1. The van der Waals surface area contributed by atoms with Crippen LogP contribution in [0.4, 0.5) is 0 Å². The normalized spacial score (nSPS) is 13.1. The second-order valence-corrected chi connectivity index (χ2v) is 9.43. The van der Waals surface area contributed by atoms with Gasteiger partial charge >= 0.3 is 5.97 Å². The van der Waals surface area contributed by atoms with Gasteiger partial charge in [-0.3, -0.25) is 0 Å². The molecule has 0 fully saturated rings. The molecule has 1 aromatic carbocycles. The Morgan fingerprint density at radius 3 is 2.44 bits per heavy atom. The van der Waals surface area contributed by atoms with E-state index in [9.17, 15) is 9.90 Å². The minimum absolute atomic E-state index is 0.107. The fraction of sp³-hybridized carbons (Fsp3) is 0.615. The molecule has 1 N–H and O–H groups in total. The monoisotopic (exact) mass is 445 g/mol. The van der Waals surface area contributed by atoms with Gasteiger partial charge in [0, 0.05) is 0 Å². The van der Waals surface area contributed by atoms with Gasteiger partial charge in [-0.1, -0.05) is 46.8 Å². The highest BCUT2D eigenvalue weighted by Crippen LogP contribution is 2.40. The van der Waals surface area contributed by atoms with Crippen molar-refractivity contribution in [1.82, 2.24) is 4.98 Å². The van der Waals surface area contributed by atoms with E-state index in [1.807, 2.05) is 39.8 Å². The average Bonchev–Trinajstić information content (AvgIpc) is 3.21. The third kappa shape index (κ3) is 6.12. The third-order valence-electron chi connectivity index (χ3n) is 6.22. The van der Waals surface area contributed by atoms with Crippen molar-refractivity contribution in [3.05, 3.63) is 47.2 Å². The van der Waals surface area contributed by atoms with Crippen LogP contribution in [-0.2, 0) is 21.4 Å². The van der Waals surface area contributed by atoms with Crippen LogP contribution in [-0.4, -0.2) is 35.4 Å². The van der Waals surface area contributed by atoms with Gasteiger partial charge in [0.1, 0.15) is 12.0 Å². The van der Waals surface area contributed by atoms with Crippen molar-refractivity contribution in [2.45, 2.75) is 85.7 Å². The van der Waals surface area contributed by atoms with E-state index in [0.717, 1.165) is 29.7 Å². The Morgan fingerprint density at radius 1 is 1.19 bits per heavy atom. The molecule has 1 atom stereocenters. The zero-order chi connectivity index (χ0) is 23.9. The maximum absolute atomic E-state index is 11.6. The largest absolute Gasteiger partial charge is 0.482 e. The van der Waals surface area contributed by atoms with Crippen LogP contribution in [0, 0.1) is 12.3 Å². The predicted octanol–water partition coefficient (Wildman–Crippen LogP) is 5.37. The van der Waals surface area contributed by atoms with Gasteiger partial charge in [-0.15, -0.1) is 0 Å². The molecule has 0 amide bonds. The van der Waals surface area contributed by atoms with Crippen molar-refractivity contribution in [3.63, 3.8) is 0 Å². The van der Waals surface area contributed by atoms with E-state index in [-0.39, 0.29) is 23.4 Å². The second kappa shape index (κ2) is 11.0. The lowest BCUT2D eigenvalue weighted by atomic mass is 9.75. The molecule has 2 rings (SSSR count). The Hall–Kier alpha value is -2.34. The summed E-state index contributed by atoms with van der Waals surface area (Å²) in [4.78, 5) is 16.4. The third-order valence-corrected chi connectivity index (χ3v) is 6.22. The van der Waals surface area contributed by atoms with Crippen molar-refractivity contribution in [2.75, 3.05) is 13.2 Å². The van der Waals surface area contributed by atoms with E-state index in [4.69, 9.17) is 18.9 Å². The fourth-order valence-corrected chi connectivity index (χ4v) is 3.89. The van der Waals surface area contributed by atoms with E-state index in [0.29, 0.717) is 31.1 Å². The van der Waals surface area contributed by atoms with E-state index >= 15 is 0 Å². The van der Waals surface area contributed by atoms with Crippen molar-refractivity contribution in [3.8, 4) is 5.75 Å². The molecule has 178 valence electrons. The molecule has 0 radical (unpaired) electrons. The molecule has 6 heteroatoms. The van der Waals surface area contributed by atoms with E-state index in [1.165, 1.54) is 0 Å². The predicted molar refractivity (Wildman–Crippen MR) is 125 cm³/mol. The first-order valence-electron chi connectivity index (χ1n) is 11.6. The molecular formula is C26H39NO5. The van der Waals surface area contributed by atoms with E-state index in [1.54, 1.807) is 13.2 Å². The molecule has 0 bridgehead atoms. The van der Waals surface area contributed by atoms with Crippen LogP contribution in [0.15, 0.2) is 28.9 Å². The minimum atomic E-state index is -0.394. The number of hydrogen-bond donors (Lipinski definition) is 1. The molecule has 32 heavy (non-hydrogen) atoms. The molecule has 0 aliphatic carbocycles. The van der Waals surface area contributed by atoms with Gasteiger partial charge < -0.3 is 19.0 Å². The number of carbonyl (C=O) groups excluding carboxylic acids is 1. The summed E-state index contributed by atoms with van der Waals surface area (Å²) in [7, 11) is 0. The van der Waals surface area contributed by atoms with Crippen molar-refractivity contribution >= 4 is 5.97 Å². The Labute approximate surface area is 192 Å². The number of rotatable bonds is 11. The van der Waals surface area contributed by atoms with Crippen LogP contribution >= 0.6 is 0 Å². The summed E-state index contributed by atoms with van der Waals surface area (Å²) in [6.45, 7) is 14.3. The van der Waals surface area contributed by atoms with E-state index in [2.05, 4.69) is 19.9 Å². The highest BCUT2D eigenvalue weighted by atomic mass is 16.6. The molecule has 1 heterocycles. The van der Waals surface area contributed by atoms with Crippen LogP contribution in [0.2, 0.25) is 0 Å². The first kappa shape index (κ1) is 25.9. The van der Waals surface area contributed by atoms with Crippen LogP contribution in [0.25, 0.3) is 0 Å². The molecule has 0 aliphatic heterocycles. The number of carbonyl (C=O) groups is 1. The van der Waals surface area contributed by atoms with Gasteiger partial charge in [0.25, 0.3) is 0 Å². The summed E-state index contributed by atoms with van der Waals surface area (Å²) in [5.74, 6) is 0.978. The number of ether oxygens (including phenoxy) is 2. The number of aryl methyl sites for hydroxylation is 2. The summed E-state index contributed by atoms with van der Waals surface area (Å²) in [5.41, 5.74) is 2.40. The Kier molecular flexibility index (Phi) is 8.90. The number of aliphatic hydroxyl groups excluding tert-OH is 1. The summed E-state index contributed by atoms with van der Waals surface area (Å²) >= 11 is 0. The number of aliphatic hydroxyl groups is 1. The van der Waals surface area contributed by atoms with Gasteiger partial charge in [0.15, 0.2) is 6.61 Å². The maximum atomic E-state index is 11.6. The lowest BCUT2D eigenvalue weighted by molar-refractivity contribution is -0.145. The maximum Gasteiger partial charge on any atom is 0.344 e. The SMILES string of the molecule is CCOC(=O)COc1ccc(C(CC)(CC)c2nc(CCC(O)C(C)(C)C)co2)cc1C. The lowest BCUT2D eigenvalue weighted by Gasteiger charge is -2.29. The quantitative estimate of drug-likeness (QED) is 0.468. The minimum Gasteiger partial charge on any atom is -0.482 e. The summed E-state index contributed by atoms with van der Waals surface area (Å²) in [6, 6.07) is 6.00. The smallest absolute Gasteiger partial charge is 0.344 e. The lowest BCUT2D eigenvalue weighted by Crippen LogP contribution is -2.27. The molecule has 0 spiro atoms. The first-order valence-corrected chi connectivity index (χ1v) is 11.6. The molecule has 2 aromatic rings. The van der Waals surface area contributed by atoms with Gasteiger partial charge in [0.2, 0.25) is 5.89 Å². The Bertz CT molecular complexity index is 877. The van der Waals surface area contributed by atoms with Crippen molar-refractivity contribution < 1.29 is 23.8 Å². The van der Waals surface area contributed by atoms with Gasteiger partial charge in [0.05, 0.1) is 23.8 Å². The van der Waals surface area contributed by atoms with Gasteiger partial charge in [-0.2, -0.15) is 0 Å². The molecule has 1 unspecified atom stereocenters. The van der Waals surface area contributed by atoms with Crippen molar-refractivity contribution in [1.29, 1.82) is 0 Å². The Balaban J connectivity index is 2.22.